The first kappa shape index (κ1) is 26.3. The molecule has 38 heavy (non-hydrogen) atoms. The monoisotopic (exact) mass is 532 g/mol. The Hall–Kier alpha value is -3.32. The number of hydrogen-bond donors (Lipinski definition) is 1. The third kappa shape index (κ3) is 5.73. The summed E-state index contributed by atoms with van der Waals surface area (Å²) in [4.78, 5) is 23.3. The Labute approximate surface area is 228 Å². The Morgan fingerprint density at radius 1 is 1.03 bits per heavy atom. The van der Waals surface area contributed by atoms with Crippen molar-refractivity contribution in [2.24, 2.45) is 11.3 Å². The lowest BCUT2D eigenvalue weighted by atomic mass is 9.72. The molecule has 6 nitrogen and oxygen atoms in total. The van der Waals surface area contributed by atoms with Crippen LogP contribution >= 0.6 is 11.3 Å². The number of thiophene rings is 1. The van der Waals surface area contributed by atoms with Crippen molar-refractivity contribution in [2.75, 3.05) is 19.8 Å². The minimum Gasteiger partial charge on any atom is -0.493 e. The molecule has 1 atom stereocenters. The molecule has 1 aliphatic rings. The molecule has 2 heterocycles. The number of ether oxygens (including phenoxy) is 3. The summed E-state index contributed by atoms with van der Waals surface area (Å²) in [5.41, 5.74) is 2.19. The molecular formula is C31H36N2O4S. The van der Waals surface area contributed by atoms with Crippen LogP contribution in [0, 0.1) is 11.3 Å². The fraction of sp³-hybridized carbons (Fsp3) is 0.419. The van der Waals surface area contributed by atoms with Crippen molar-refractivity contribution < 1.29 is 14.2 Å². The van der Waals surface area contributed by atoms with E-state index >= 15 is 0 Å². The summed E-state index contributed by atoms with van der Waals surface area (Å²) in [6.07, 6.45) is 3.82. The number of aromatic nitrogens is 2. The maximum atomic E-state index is 13.2. The van der Waals surface area contributed by atoms with E-state index in [0.717, 1.165) is 47.2 Å². The van der Waals surface area contributed by atoms with Crippen molar-refractivity contribution in [2.45, 2.75) is 53.4 Å². The molecule has 2 aromatic heterocycles. The molecule has 0 bridgehead atoms. The average molecular weight is 533 g/mol. The second kappa shape index (κ2) is 11.2. The summed E-state index contributed by atoms with van der Waals surface area (Å²) in [6, 6.07) is 15.5. The van der Waals surface area contributed by atoms with Crippen molar-refractivity contribution in [1.82, 2.24) is 9.97 Å². The number of aryl methyl sites for hydroxylation is 1. The lowest BCUT2D eigenvalue weighted by molar-refractivity contribution is 0.218. The fourth-order valence-electron chi connectivity index (χ4n) is 5.05. The molecular weight excluding hydrogens is 496 g/mol. The number of nitrogens with zero attached hydrogens (tertiary/aromatic N) is 1. The van der Waals surface area contributed by atoms with Crippen LogP contribution in [0.15, 0.2) is 53.3 Å². The first-order chi connectivity index (χ1) is 18.3. The van der Waals surface area contributed by atoms with E-state index in [-0.39, 0.29) is 11.0 Å². The van der Waals surface area contributed by atoms with Crippen molar-refractivity contribution in [1.29, 1.82) is 0 Å². The Bertz CT molecular complexity index is 1450. The summed E-state index contributed by atoms with van der Waals surface area (Å²) in [5.74, 6) is 3.32. The Balaban J connectivity index is 1.32. The van der Waals surface area contributed by atoms with Crippen LogP contribution in [0.25, 0.3) is 21.6 Å². The predicted molar refractivity (Wildman–Crippen MR) is 154 cm³/mol. The number of rotatable bonds is 9. The van der Waals surface area contributed by atoms with Crippen molar-refractivity contribution in [3.63, 3.8) is 0 Å². The number of para-hydroxylation sites is 1. The minimum atomic E-state index is -0.0617. The van der Waals surface area contributed by atoms with Gasteiger partial charge in [-0.3, -0.25) is 4.79 Å². The zero-order valence-electron chi connectivity index (χ0n) is 22.6. The maximum Gasteiger partial charge on any atom is 0.260 e. The standard InChI is InChI=1S/C31H36N2O4S/c1-5-35-25-18-20(12-15-24(25)37-17-9-16-36-22-10-7-6-8-11-22)28-32-29(34)27-23-14-13-21(31(2,3)4)19-26(23)38-30(27)33-28/h6-8,10-12,15,18,21H,5,9,13-14,16-17,19H2,1-4H3,(H,32,33,34)/t21-/m0/s1. The lowest BCUT2D eigenvalue weighted by Gasteiger charge is -2.33. The predicted octanol–water partition coefficient (Wildman–Crippen LogP) is 7.05. The summed E-state index contributed by atoms with van der Waals surface area (Å²) in [5, 5.41) is 0.767. The van der Waals surface area contributed by atoms with E-state index in [1.807, 2.05) is 55.5 Å². The van der Waals surface area contributed by atoms with Gasteiger partial charge in [0.2, 0.25) is 0 Å². The molecule has 1 aliphatic carbocycles. The zero-order chi connectivity index (χ0) is 26.7. The highest BCUT2D eigenvalue weighted by Crippen LogP contribution is 2.42. The summed E-state index contributed by atoms with van der Waals surface area (Å²) in [6.45, 7) is 10.4. The second-order valence-corrected chi connectivity index (χ2v) is 11.9. The summed E-state index contributed by atoms with van der Waals surface area (Å²) >= 11 is 1.68. The summed E-state index contributed by atoms with van der Waals surface area (Å²) in [7, 11) is 0. The van der Waals surface area contributed by atoms with Crippen LogP contribution in [0.4, 0.5) is 0 Å². The Morgan fingerprint density at radius 2 is 1.82 bits per heavy atom. The van der Waals surface area contributed by atoms with Gasteiger partial charge in [0.1, 0.15) is 16.4 Å². The third-order valence-corrected chi connectivity index (χ3v) is 8.37. The van der Waals surface area contributed by atoms with Gasteiger partial charge in [-0.2, -0.15) is 0 Å². The van der Waals surface area contributed by atoms with Gasteiger partial charge in [0.05, 0.1) is 25.2 Å². The second-order valence-electron chi connectivity index (χ2n) is 10.9. The molecule has 0 saturated heterocycles. The highest BCUT2D eigenvalue weighted by molar-refractivity contribution is 7.18. The molecule has 0 amide bonds. The SMILES string of the molecule is CCOc1cc(-c2nc3sc4c(c3c(=O)[nH]2)CC[C@H](C(C)(C)C)C4)ccc1OCCCOc1ccccc1. The van der Waals surface area contributed by atoms with E-state index in [4.69, 9.17) is 19.2 Å². The van der Waals surface area contributed by atoms with Gasteiger partial charge in [0, 0.05) is 16.9 Å². The highest BCUT2D eigenvalue weighted by atomic mass is 32.1. The van der Waals surface area contributed by atoms with Crippen LogP contribution in [-0.2, 0) is 12.8 Å². The van der Waals surface area contributed by atoms with Crippen LogP contribution in [0.3, 0.4) is 0 Å². The molecule has 200 valence electrons. The van der Waals surface area contributed by atoms with Gasteiger partial charge in [0.25, 0.3) is 5.56 Å². The molecule has 0 spiro atoms. The topological polar surface area (TPSA) is 73.4 Å². The van der Waals surface area contributed by atoms with Gasteiger partial charge in [-0.15, -0.1) is 11.3 Å². The minimum absolute atomic E-state index is 0.0617. The number of aromatic amines is 1. The smallest absolute Gasteiger partial charge is 0.260 e. The molecule has 1 N–H and O–H groups in total. The molecule has 4 aromatic rings. The van der Waals surface area contributed by atoms with E-state index in [1.165, 1.54) is 10.4 Å². The van der Waals surface area contributed by atoms with Crippen LogP contribution in [0.2, 0.25) is 0 Å². The largest absolute Gasteiger partial charge is 0.493 e. The first-order valence-electron chi connectivity index (χ1n) is 13.5. The number of benzene rings is 2. The van der Waals surface area contributed by atoms with Gasteiger partial charge in [-0.25, -0.2) is 4.98 Å². The van der Waals surface area contributed by atoms with Crippen LogP contribution < -0.4 is 19.8 Å². The molecule has 2 aromatic carbocycles. The first-order valence-corrected chi connectivity index (χ1v) is 14.3. The molecule has 0 saturated carbocycles. The van der Waals surface area contributed by atoms with E-state index in [1.54, 1.807) is 11.3 Å². The Morgan fingerprint density at radius 3 is 2.58 bits per heavy atom. The number of H-pyrrole nitrogens is 1. The Kier molecular flexibility index (Phi) is 7.75. The normalized spacial score (nSPS) is 15.3. The van der Waals surface area contributed by atoms with Crippen LogP contribution in [-0.4, -0.2) is 29.8 Å². The fourth-order valence-corrected chi connectivity index (χ4v) is 6.35. The van der Waals surface area contributed by atoms with Crippen LogP contribution in [0.5, 0.6) is 17.2 Å². The quantitative estimate of drug-likeness (QED) is 0.234. The number of fused-ring (bicyclic) bond motifs is 3. The molecule has 0 unspecified atom stereocenters. The molecule has 0 fully saturated rings. The van der Waals surface area contributed by atoms with Gasteiger partial charge < -0.3 is 19.2 Å². The van der Waals surface area contributed by atoms with E-state index < -0.39 is 0 Å². The highest BCUT2D eigenvalue weighted by Gasteiger charge is 2.31. The van der Waals surface area contributed by atoms with Gasteiger partial charge in [0.15, 0.2) is 11.5 Å². The zero-order valence-corrected chi connectivity index (χ0v) is 23.5. The molecule has 0 radical (unpaired) electrons. The van der Waals surface area contributed by atoms with E-state index in [2.05, 4.69) is 25.8 Å². The maximum absolute atomic E-state index is 13.2. The van der Waals surface area contributed by atoms with Crippen molar-refractivity contribution >= 4 is 21.6 Å². The molecule has 0 aliphatic heterocycles. The van der Waals surface area contributed by atoms with Gasteiger partial charge >= 0.3 is 0 Å². The van der Waals surface area contributed by atoms with Crippen LogP contribution in [0.1, 0.15) is 51.0 Å². The van der Waals surface area contributed by atoms with E-state index in [9.17, 15) is 4.79 Å². The molecule has 7 heteroatoms. The van der Waals surface area contributed by atoms with E-state index in [0.29, 0.717) is 43.1 Å². The van der Waals surface area contributed by atoms with Crippen molar-refractivity contribution in [3.8, 4) is 28.6 Å². The van der Waals surface area contributed by atoms with Crippen molar-refractivity contribution in [3.05, 3.63) is 69.3 Å². The van der Waals surface area contributed by atoms with Gasteiger partial charge in [-0.1, -0.05) is 39.0 Å². The third-order valence-electron chi connectivity index (χ3n) is 7.22. The summed E-state index contributed by atoms with van der Waals surface area (Å²) < 4.78 is 17.6. The van der Waals surface area contributed by atoms with Gasteiger partial charge in [-0.05, 0) is 73.4 Å². The number of nitrogens with one attached hydrogen (secondary N) is 1. The molecule has 5 rings (SSSR count). The lowest BCUT2D eigenvalue weighted by Crippen LogP contribution is -2.26. The number of hydrogen-bond acceptors (Lipinski definition) is 6. The average Bonchev–Trinajstić information content (AvgIpc) is 3.28.